The molecule has 1 saturated heterocycles. The van der Waals surface area contributed by atoms with Crippen molar-refractivity contribution in [1.82, 2.24) is 10.6 Å². The highest BCUT2D eigenvalue weighted by atomic mass is 16.2. The summed E-state index contributed by atoms with van der Waals surface area (Å²) in [5, 5.41) is 8.55. The number of amides is 3. The molecule has 6 heteroatoms. The van der Waals surface area contributed by atoms with Crippen LogP contribution in [0.4, 0.5) is 5.69 Å². The SMILES string of the molecule is Cc1ccc(C(=O)N[C@H]2CCCCNC2=O)cc1NC(=O)C1CC=CC1. The quantitative estimate of drug-likeness (QED) is 0.724. The first-order chi connectivity index (χ1) is 12.5. The molecule has 138 valence electrons. The van der Waals surface area contributed by atoms with Crippen molar-refractivity contribution in [3.63, 3.8) is 0 Å². The first-order valence-corrected chi connectivity index (χ1v) is 9.19. The third kappa shape index (κ3) is 4.31. The predicted octanol–water partition coefficient (Wildman–Crippen LogP) is 2.30. The summed E-state index contributed by atoms with van der Waals surface area (Å²) in [6.07, 6.45) is 7.99. The largest absolute Gasteiger partial charge is 0.354 e. The number of nitrogens with one attached hydrogen (secondary N) is 3. The highest BCUT2D eigenvalue weighted by Crippen LogP contribution is 2.22. The lowest BCUT2D eigenvalue weighted by molar-refractivity contribution is -0.122. The van der Waals surface area contributed by atoms with E-state index in [1.165, 1.54) is 0 Å². The van der Waals surface area contributed by atoms with Gasteiger partial charge in [-0.1, -0.05) is 18.2 Å². The van der Waals surface area contributed by atoms with Crippen molar-refractivity contribution in [3.8, 4) is 0 Å². The minimum atomic E-state index is -0.506. The van der Waals surface area contributed by atoms with Crippen LogP contribution in [0.3, 0.4) is 0 Å². The fraction of sp³-hybridized carbons (Fsp3) is 0.450. The molecule has 0 bridgehead atoms. The van der Waals surface area contributed by atoms with Crippen LogP contribution in [-0.4, -0.2) is 30.3 Å². The zero-order valence-corrected chi connectivity index (χ0v) is 15.0. The maximum absolute atomic E-state index is 12.6. The summed E-state index contributed by atoms with van der Waals surface area (Å²) in [4.78, 5) is 36.9. The maximum Gasteiger partial charge on any atom is 0.252 e. The zero-order valence-electron chi connectivity index (χ0n) is 15.0. The third-order valence-corrected chi connectivity index (χ3v) is 4.98. The van der Waals surface area contributed by atoms with Gasteiger partial charge in [0.15, 0.2) is 0 Å². The number of rotatable bonds is 4. The van der Waals surface area contributed by atoms with Crippen LogP contribution in [0.1, 0.15) is 48.0 Å². The molecule has 3 N–H and O–H groups in total. The van der Waals surface area contributed by atoms with Gasteiger partial charge in [-0.05, 0) is 56.7 Å². The minimum absolute atomic E-state index is 0.0289. The van der Waals surface area contributed by atoms with Crippen LogP contribution in [0, 0.1) is 12.8 Å². The van der Waals surface area contributed by atoms with Gasteiger partial charge >= 0.3 is 0 Å². The lowest BCUT2D eigenvalue weighted by Crippen LogP contribution is -2.45. The Morgan fingerprint density at radius 2 is 1.92 bits per heavy atom. The number of carbonyl (C=O) groups is 3. The van der Waals surface area contributed by atoms with E-state index in [0.717, 1.165) is 31.2 Å². The first kappa shape index (κ1) is 18.2. The monoisotopic (exact) mass is 355 g/mol. The van der Waals surface area contributed by atoms with Crippen molar-refractivity contribution >= 4 is 23.4 Å². The molecule has 0 spiro atoms. The average Bonchev–Trinajstić information content (AvgIpc) is 3.09. The average molecular weight is 355 g/mol. The second-order valence-corrected chi connectivity index (χ2v) is 6.97. The van der Waals surface area contributed by atoms with E-state index in [2.05, 4.69) is 16.0 Å². The number of allylic oxidation sites excluding steroid dienone is 2. The Labute approximate surface area is 153 Å². The molecular formula is C20H25N3O3. The smallest absolute Gasteiger partial charge is 0.252 e. The van der Waals surface area contributed by atoms with E-state index in [9.17, 15) is 14.4 Å². The molecule has 0 unspecified atom stereocenters. The molecule has 0 saturated carbocycles. The molecule has 1 heterocycles. The molecule has 1 aliphatic heterocycles. The molecule has 6 nitrogen and oxygen atoms in total. The van der Waals surface area contributed by atoms with Gasteiger partial charge in [-0.25, -0.2) is 0 Å². The van der Waals surface area contributed by atoms with Gasteiger partial charge in [-0.15, -0.1) is 0 Å². The van der Waals surface area contributed by atoms with Crippen LogP contribution in [-0.2, 0) is 9.59 Å². The summed E-state index contributed by atoms with van der Waals surface area (Å²) in [6.45, 7) is 2.55. The molecule has 1 aromatic carbocycles. The molecule has 26 heavy (non-hydrogen) atoms. The summed E-state index contributed by atoms with van der Waals surface area (Å²) in [6, 6.07) is 4.70. The topological polar surface area (TPSA) is 87.3 Å². The number of aryl methyl sites for hydroxylation is 1. The Morgan fingerprint density at radius 1 is 1.15 bits per heavy atom. The van der Waals surface area contributed by atoms with Gasteiger partial charge in [-0.3, -0.25) is 14.4 Å². The number of carbonyl (C=O) groups excluding carboxylic acids is 3. The number of benzene rings is 1. The molecule has 3 rings (SSSR count). The Kier molecular flexibility index (Phi) is 5.71. The molecular weight excluding hydrogens is 330 g/mol. The Morgan fingerprint density at radius 3 is 2.69 bits per heavy atom. The van der Waals surface area contributed by atoms with Gasteiger partial charge in [0.2, 0.25) is 11.8 Å². The second kappa shape index (κ2) is 8.17. The summed E-state index contributed by atoms with van der Waals surface area (Å²) < 4.78 is 0. The van der Waals surface area contributed by atoms with Crippen molar-refractivity contribution in [3.05, 3.63) is 41.5 Å². The van der Waals surface area contributed by atoms with Gasteiger partial charge < -0.3 is 16.0 Å². The van der Waals surface area contributed by atoms with E-state index in [1.54, 1.807) is 12.1 Å². The van der Waals surface area contributed by atoms with Gasteiger partial charge in [0, 0.05) is 23.7 Å². The van der Waals surface area contributed by atoms with Crippen molar-refractivity contribution in [1.29, 1.82) is 0 Å². The third-order valence-electron chi connectivity index (χ3n) is 4.98. The number of anilines is 1. The van der Waals surface area contributed by atoms with Crippen molar-refractivity contribution in [2.45, 2.75) is 45.1 Å². The van der Waals surface area contributed by atoms with Crippen molar-refractivity contribution in [2.75, 3.05) is 11.9 Å². The normalized spacial score (nSPS) is 20.3. The molecule has 2 aliphatic rings. The van der Waals surface area contributed by atoms with E-state index < -0.39 is 6.04 Å². The van der Waals surface area contributed by atoms with Crippen molar-refractivity contribution in [2.24, 2.45) is 5.92 Å². The lowest BCUT2D eigenvalue weighted by atomic mass is 10.0. The minimum Gasteiger partial charge on any atom is -0.354 e. The zero-order chi connectivity index (χ0) is 18.5. The highest BCUT2D eigenvalue weighted by molar-refractivity contribution is 6.00. The maximum atomic E-state index is 12.6. The summed E-state index contributed by atoms with van der Waals surface area (Å²) >= 11 is 0. The molecule has 0 radical (unpaired) electrons. The van der Waals surface area contributed by atoms with E-state index >= 15 is 0 Å². The highest BCUT2D eigenvalue weighted by Gasteiger charge is 2.24. The molecule has 1 aliphatic carbocycles. The van der Waals surface area contributed by atoms with Gasteiger partial charge in [0.1, 0.15) is 6.04 Å². The fourth-order valence-electron chi connectivity index (χ4n) is 3.28. The summed E-state index contributed by atoms with van der Waals surface area (Å²) in [5.74, 6) is -0.504. The summed E-state index contributed by atoms with van der Waals surface area (Å²) in [5.41, 5.74) is 1.97. The van der Waals surface area contributed by atoms with E-state index in [-0.39, 0.29) is 23.6 Å². The lowest BCUT2D eigenvalue weighted by Gasteiger charge is -2.17. The van der Waals surface area contributed by atoms with Crippen molar-refractivity contribution < 1.29 is 14.4 Å². The van der Waals surface area contributed by atoms with Crippen LogP contribution >= 0.6 is 0 Å². The standard InChI is InChI=1S/C20H25N3O3/c1-13-9-10-15(12-17(13)23-18(24)14-6-2-3-7-14)19(25)22-16-8-4-5-11-21-20(16)26/h2-3,9-10,12,14,16H,4-8,11H2,1H3,(H,21,26)(H,22,25)(H,23,24)/t16-/m0/s1. The summed E-state index contributed by atoms with van der Waals surface area (Å²) in [7, 11) is 0. The molecule has 3 amide bonds. The van der Waals surface area contributed by atoms with Crippen LogP contribution in [0.25, 0.3) is 0 Å². The van der Waals surface area contributed by atoms with E-state index in [0.29, 0.717) is 24.2 Å². The fourth-order valence-corrected chi connectivity index (χ4v) is 3.28. The number of hydrogen-bond acceptors (Lipinski definition) is 3. The Balaban J connectivity index is 1.68. The molecule has 1 fully saturated rings. The second-order valence-electron chi connectivity index (χ2n) is 6.97. The van der Waals surface area contributed by atoms with E-state index in [1.807, 2.05) is 25.1 Å². The molecule has 1 aromatic rings. The Hall–Kier alpha value is -2.63. The van der Waals surface area contributed by atoms with Gasteiger partial charge in [-0.2, -0.15) is 0 Å². The van der Waals surface area contributed by atoms with Crippen LogP contribution in [0.5, 0.6) is 0 Å². The molecule has 0 aromatic heterocycles. The van der Waals surface area contributed by atoms with Crippen LogP contribution < -0.4 is 16.0 Å². The van der Waals surface area contributed by atoms with Crippen LogP contribution in [0.2, 0.25) is 0 Å². The van der Waals surface area contributed by atoms with Gasteiger partial charge in [0.25, 0.3) is 5.91 Å². The first-order valence-electron chi connectivity index (χ1n) is 9.19. The van der Waals surface area contributed by atoms with E-state index in [4.69, 9.17) is 0 Å². The van der Waals surface area contributed by atoms with Crippen LogP contribution in [0.15, 0.2) is 30.4 Å². The number of hydrogen-bond donors (Lipinski definition) is 3. The Bertz CT molecular complexity index is 734. The van der Waals surface area contributed by atoms with Gasteiger partial charge in [0.05, 0.1) is 0 Å². The molecule has 1 atom stereocenters. The predicted molar refractivity (Wildman–Crippen MR) is 99.8 cm³/mol.